The fourth-order valence-electron chi connectivity index (χ4n) is 0.367. The van der Waals surface area contributed by atoms with Crippen molar-refractivity contribution in [2.45, 2.75) is 18.8 Å². The number of allylic oxidation sites excluding steroid dienone is 2. The number of halogens is 8. The zero-order valence-electron chi connectivity index (χ0n) is 5.68. The minimum absolute atomic E-state index is 3.14. The number of hydrogen-bond acceptors (Lipinski definition) is 0. The Labute approximate surface area is 66.8 Å². The smallest absolute Gasteiger partial charge is 0.233 e. The van der Waals surface area contributed by atoms with E-state index in [1.807, 2.05) is 0 Å². The third-order valence-electron chi connectivity index (χ3n) is 0.922. The molecule has 0 saturated carbocycles. The van der Waals surface area contributed by atoms with Crippen LogP contribution in [0, 0.1) is 0 Å². The van der Waals surface area contributed by atoms with Gasteiger partial charge in [-0.25, -0.2) is 17.6 Å². The zero-order valence-corrected chi connectivity index (χ0v) is 5.68. The van der Waals surface area contributed by atoms with E-state index in [2.05, 4.69) is 0 Å². The molecule has 0 rings (SSSR count). The molecule has 0 aliphatic rings. The predicted octanol–water partition coefficient (Wildman–Crippen LogP) is 3.30. The molecule has 0 saturated heterocycles. The van der Waals surface area contributed by atoms with E-state index in [1.54, 1.807) is 0 Å². The van der Waals surface area contributed by atoms with Gasteiger partial charge in [-0.2, -0.15) is 17.6 Å². The van der Waals surface area contributed by atoms with Crippen molar-refractivity contribution >= 4 is 0 Å². The summed E-state index contributed by atoms with van der Waals surface area (Å²) in [7, 11) is 0. The van der Waals surface area contributed by atoms with Crippen LogP contribution in [0.2, 0.25) is 0 Å². The Morgan fingerprint density at radius 1 is 0.923 bits per heavy atom. The van der Waals surface area contributed by atoms with Gasteiger partial charge < -0.3 is 0 Å². The standard InChI is InChI=1S/C5H2F8/c6-1(2(7)4(9)10)3(8)5(11,12)13/h2,4H. The highest BCUT2D eigenvalue weighted by molar-refractivity contribution is 5.10. The molecule has 1 unspecified atom stereocenters. The van der Waals surface area contributed by atoms with Crippen LogP contribution in [0.25, 0.3) is 0 Å². The third-order valence-corrected chi connectivity index (χ3v) is 0.922. The Balaban J connectivity index is 4.82. The van der Waals surface area contributed by atoms with Gasteiger partial charge in [0.1, 0.15) is 0 Å². The summed E-state index contributed by atoms with van der Waals surface area (Å²) in [6.07, 6.45) is -13.7. The maximum atomic E-state index is 11.9. The molecule has 0 amide bonds. The maximum Gasteiger partial charge on any atom is 0.445 e. The van der Waals surface area contributed by atoms with Crippen LogP contribution in [0.15, 0.2) is 11.7 Å². The van der Waals surface area contributed by atoms with E-state index < -0.39 is 30.4 Å². The first kappa shape index (κ1) is 12.2. The molecule has 0 bridgehead atoms. The monoisotopic (exact) mass is 214 g/mol. The first-order valence-corrected chi connectivity index (χ1v) is 2.72. The van der Waals surface area contributed by atoms with E-state index in [9.17, 15) is 35.1 Å². The van der Waals surface area contributed by atoms with Gasteiger partial charge in [-0.05, 0) is 0 Å². The fraction of sp³-hybridized carbons (Fsp3) is 0.600. The van der Waals surface area contributed by atoms with Gasteiger partial charge in [0.15, 0.2) is 5.83 Å². The van der Waals surface area contributed by atoms with E-state index >= 15 is 0 Å². The summed E-state index contributed by atoms with van der Waals surface area (Å²) in [5.41, 5.74) is 0. The maximum absolute atomic E-state index is 11.9. The number of rotatable bonds is 2. The van der Waals surface area contributed by atoms with Crippen LogP contribution in [0.5, 0.6) is 0 Å². The van der Waals surface area contributed by atoms with Gasteiger partial charge in [0, 0.05) is 0 Å². The fourth-order valence-corrected chi connectivity index (χ4v) is 0.367. The van der Waals surface area contributed by atoms with Crippen molar-refractivity contribution < 1.29 is 35.1 Å². The molecule has 0 heterocycles. The van der Waals surface area contributed by atoms with Crippen LogP contribution < -0.4 is 0 Å². The molecule has 0 aromatic carbocycles. The Morgan fingerprint density at radius 2 is 1.31 bits per heavy atom. The highest BCUT2D eigenvalue weighted by atomic mass is 19.4. The summed E-state index contributed by atoms with van der Waals surface area (Å²) in [4.78, 5) is 0. The molecule has 0 nitrogen and oxygen atoms in total. The lowest BCUT2D eigenvalue weighted by molar-refractivity contribution is -0.113. The van der Waals surface area contributed by atoms with Crippen LogP contribution in [0.4, 0.5) is 35.1 Å². The molecule has 0 aromatic heterocycles. The largest absolute Gasteiger partial charge is 0.445 e. The molecule has 0 aliphatic carbocycles. The van der Waals surface area contributed by atoms with Gasteiger partial charge in [0.25, 0.3) is 6.43 Å². The second-order valence-electron chi connectivity index (χ2n) is 1.90. The Morgan fingerprint density at radius 3 is 1.54 bits per heavy atom. The van der Waals surface area contributed by atoms with E-state index in [0.717, 1.165) is 0 Å². The molecule has 0 aromatic rings. The lowest BCUT2D eigenvalue weighted by Gasteiger charge is -2.07. The Hall–Kier alpha value is -0.820. The molecule has 13 heavy (non-hydrogen) atoms. The molecule has 78 valence electrons. The van der Waals surface area contributed by atoms with Crippen molar-refractivity contribution in [3.63, 3.8) is 0 Å². The SMILES string of the molecule is FC(=C(F)C(F)(F)F)C(F)C(F)F. The van der Waals surface area contributed by atoms with Crippen molar-refractivity contribution in [2.75, 3.05) is 0 Å². The summed E-state index contributed by atoms with van der Waals surface area (Å²) in [6.45, 7) is 0. The molecular formula is C5H2F8. The summed E-state index contributed by atoms with van der Waals surface area (Å²) >= 11 is 0. The predicted molar refractivity (Wildman–Crippen MR) is 26.2 cm³/mol. The van der Waals surface area contributed by atoms with E-state index in [-0.39, 0.29) is 0 Å². The highest BCUT2D eigenvalue weighted by Gasteiger charge is 2.42. The molecule has 1 atom stereocenters. The third kappa shape index (κ3) is 3.19. The van der Waals surface area contributed by atoms with Crippen LogP contribution in [0.1, 0.15) is 0 Å². The number of hydrogen-bond donors (Lipinski definition) is 0. The van der Waals surface area contributed by atoms with E-state index in [0.29, 0.717) is 0 Å². The molecule has 0 radical (unpaired) electrons. The van der Waals surface area contributed by atoms with Crippen molar-refractivity contribution in [3.05, 3.63) is 11.7 Å². The minimum atomic E-state index is -5.79. The van der Waals surface area contributed by atoms with Gasteiger partial charge >= 0.3 is 6.18 Å². The van der Waals surface area contributed by atoms with Crippen molar-refractivity contribution in [3.8, 4) is 0 Å². The molecule has 0 fully saturated rings. The van der Waals surface area contributed by atoms with Gasteiger partial charge in [-0.3, -0.25) is 0 Å². The lowest BCUT2D eigenvalue weighted by atomic mass is 10.3. The van der Waals surface area contributed by atoms with E-state index in [4.69, 9.17) is 0 Å². The van der Waals surface area contributed by atoms with Gasteiger partial charge in [0.05, 0.1) is 0 Å². The lowest BCUT2D eigenvalue weighted by Crippen LogP contribution is -2.18. The molecular weight excluding hydrogens is 212 g/mol. The van der Waals surface area contributed by atoms with Crippen molar-refractivity contribution in [1.82, 2.24) is 0 Å². The van der Waals surface area contributed by atoms with Crippen LogP contribution >= 0.6 is 0 Å². The summed E-state index contributed by atoms with van der Waals surface area (Å²) in [5, 5.41) is 0. The minimum Gasteiger partial charge on any atom is -0.233 e. The van der Waals surface area contributed by atoms with Gasteiger partial charge in [-0.15, -0.1) is 0 Å². The second-order valence-corrected chi connectivity index (χ2v) is 1.90. The topological polar surface area (TPSA) is 0 Å². The quantitative estimate of drug-likeness (QED) is 0.618. The Kier molecular flexibility index (Phi) is 3.68. The number of alkyl halides is 6. The normalized spacial score (nSPS) is 17.3. The summed E-state index contributed by atoms with van der Waals surface area (Å²) < 4.78 is 91.6. The first-order chi connectivity index (χ1) is 5.68. The average Bonchev–Trinajstić information content (AvgIpc) is 1.98. The van der Waals surface area contributed by atoms with Crippen LogP contribution in [-0.4, -0.2) is 18.8 Å². The Bertz CT molecular complexity index is 201. The van der Waals surface area contributed by atoms with Gasteiger partial charge in [-0.1, -0.05) is 0 Å². The first-order valence-electron chi connectivity index (χ1n) is 2.72. The van der Waals surface area contributed by atoms with Crippen LogP contribution in [0.3, 0.4) is 0 Å². The highest BCUT2D eigenvalue weighted by Crippen LogP contribution is 2.32. The molecule has 0 aliphatic heterocycles. The molecule has 0 N–H and O–H groups in total. The molecule has 0 spiro atoms. The zero-order chi connectivity index (χ0) is 10.8. The summed E-state index contributed by atoms with van der Waals surface area (Å²) in [6, 6.07) is 0. The second kappa shape index (κ2) is 3.93. The summed E-state index contributed by atoms with van der Waals surface area (Å²) in [5.74, 6) is -6.61. The van der Waals surface area contributed by atoms with Crippen molar-refractivity contribution in [2.24, 2.45) is 0 Å². The van der Waals surface area contributed by atoms with Gasteiger partial charge in [0.2, 0.25) is 12.0 Å². The van der Waals surface area contributed by atoms with E-state index in [1.165, 1.54) is 0 Å². The van der Waals surface area contributed by atoms with Crippen LogP contribution in [-0.2, 0) is 0 Å². The molecule has 8 heteroatoms. The van der Waals surface area contributed by atoms with Crippen molar-refractivity contribution in [1.29, 1.82) is 0 Å². The average molecular weight is 214 g/mol.